The molecule has 0 atom stereocenters. The molecule has 1 amide bonds. The van der Waals surface area contributed by atoms with E-state index < -0.39 is 0 Å². The zero-order valence-corrected chi connectivity index (χ0v) is 14.6. The maximum Gasteiger partial charge on any atom is 0.255 e. The number of fused-ring (bicyclic) bond motifs is 1. The second-order valence-corrected chi connectivity index (χ2v) is 7.05. The quantitative estimate of drug-likeness (QED) is 0.907. The number of para-hydroxylation sites is 1. The number of benzene rings is 2. The summed E-state index contributed by atoms with van der Waals surface area (Å²) in [4.78, 5) is 14.7. The number of rotatable bonds is 2. The Kier molecular flexibility index (Phi) is 4.36. The van der Waals surface area contributed by atoms with Crippen LogP contribution in [-0.2, 0) is 6.54 Å². The summed E-state index contributed by atoms with van der Waals surface area (Å²) >= 11 is 0. The smallest absolute Gasteiger partial charge is 0.255 e. The molecule has 0 saturated carbocycles. The number of hydrogen-bond acceptors (Lipinski definition) is 4. The molecule has 0 radical (unpaired) electrons. The molecule has 1 saturated heterocycles. The van der Waals surface area contributed by atoms with Gasteiger partial charge in [-0.3, -0.25) is 9.69 Å². The molecule has 1 fully saturated rings. The average Bonchev–Trinajstić information content (AvgIpc) is 2.82. The minimum Gasteiger partial charge on any atom is -0.485 e. The molecular weight excluding hydrogens is 326 g/mol. The minimum absolute atomic E-state index is 0.0579. The van der Waals surface area contributed by atoms with Crippen molar-refractivity contribution in [3.05, 3.63) is 65.2 Å². The van der Waals surface area contributed by atoms with E-state index in [0.29, 0.717) is 23.4 Å². The van der Waals surface area contributed by atoms with Crippen LogP contribution in [-0.4, -0.2) is 36.0 Å². The van der Waals surface area contributed by atoms with Crippen LogP contribution in [0.2, 0.25) is 0 Å². The number of likely N-dealkylation sites (tertiary alicyclic amines) is 1. The first-order valence-electron chi connectivity index (χ1n) is 8.95. The third kappa shape index (κ3) is 3.29. The topological polar surface area (TPSA) is 65.4 Å². The van der Waals surface area contributed by atoms with Crippen molar-refractivity contribution in [1.29, 1.82) is 5.26 Å². The number of carbonyl (C=O) groups excluding carboxylic acids is 1. The van der Waals surface area contributed by atoms with Gasteiger partial charge in [0.15, 0.2) is 0 Å². The third-order valence-corrected chi connectivity index (χ3v) is 5.29. The van der Waals surface area contributed by atoms with Gasteiger partial charge in [0.2, 0.25) is 0 Å². The fourth-order valence-electron chi connectivity index (χ4n) is 3.69. The summed E-state index contributed by atoms with van der Waals surface area (Å²) < 4.78 is 6.34. The molecule has 0 aromatic heterocycles. The first kappa shape index (κ1) is 16.6. The highest BCUT2D eigenvalue weighted by Gasteiger charge is 2.39. The van der Waals surface area contributed by atoms with E-state index >= 15 is 0 Å². The molecule has 2 heterocycles. The standard InChI is InChI=1S/C21H21N3O2/c22-13-16-5-7-17(8-6-16)14-24-11-9-21(10-12-24)15-23-20(25)18-3-1-2-4-19(18)26-21/h1-8H,9-12,14-15H2,(H,23,25). The van der Waals surface area contributed by atoms with Crippen LogP contribution in [0.4, 0.5) is 0 Å². The van der Waals surface area contributed by atoms with E-state index in [1.54, 1.807) is 0 Å². The van der Waals surface area contributed by atoms with Crippen LogP contribution in [0.3, 0.4) is 0 Å². The normalized spacial score (nSPS) is 19.0. The Morgan fingerprint density at radius 2 is 1.85 bits per heavy atom. The largest absolute Gasteiger partial charge is 0.485 e. The highest BCUT2D eigenvalue weighted by Crippen LogP contribution is 2.33. The molecule has 0 unspecified atom stereocenters. The number of ether oxygens (including phenoxy) is 1. The van der Waals surface area contributed by atoms with Gasteiger partial charge in [0.1, 0.15) is 11.4 Å². The molecule has 5 heteroatoms. The van der Waals surface area contributed by atoms with E-state index in [2.05, 4.69) is 16.3 Å². The van der Waals surface area contributed by atoms with Crippen LogP contribution in [0.25, 0.3) is 0 Å². The number of nitriles is 1. The van der Waals surface area contributed by atoms with Crippen LogP contribution in [0, 0.1) is 11.3 Å². The zero-order chi connectivity index (χ0) is 18.0. The molecule has 5 nitrogen and oxygen atoms in total. The number of amides is 1. The fourth-order valence-corrected chi connectivity index (χ4v) is 3.69. The predicted molar refractivity (Wildman–Crippen MR) is 97.8 cm³/mol. The Hall–Kier alpha value is -2.84. The lowest BCUT2D eigenvalue weighted by atomic mass is 9.90. The molecule has 2 aliphatic rings. The molecule has 2 aromatic rings. The van der Waals surface area contributed by atoms with E-state index in [1.165, 1.54) is 5.56 Å². The average molecular weight is 347 g/mol. The summed E-state index contributed by atoms with van der Waals surface area (Å²) in [7, 11) is 0. The molecule has 26 heavy (non-hydrogen) atoms. The van der Waals surface area contributed by atoms with Gasteiger partial charge in [-0.1, -0.05) is 24.3 Å². The Bertz CT molecular complexity index is 846. The third-order valence-electron chi connectivity index (χ3n) is 5.29. The maximum absolute atomic E-state index is 12.3. The monoisotopic (exact) mass is 347 g/mol. The minimum atomic E-state index is -0.330. The molecule has 2 aromatic carbocycles. The van der Waals surface area contributed by atoms with Gasteiger partial charge < -0.3 is 10.1 Å². The first-order valence-corrected chi connectivity index (χ1v) is 8.95. The molecule has 2 aliphatic heterocycles. The molecule has 0 aliphatic carbocycles. The van der Waals surface area contributed by atoms with Crippen LogP contribution >= 0.6 is 0 Å². The molecule has 1 spiro atoms. The second-order valence-electron chi connectivity index (χ2n) is 7.05. The van der Waals surface area contributed by atoms with E-state index in [9.17, 15) is 4.79 Å². The van der Waals surface area contributed by atoms with Gasteiger partial charge in [0.25, 0.3) is 5.91 Å². The Labute approximate surface area is 153 Å². The van der Waals surface area contributed by atoms with Crippen molar-refractivity contribution in [3.8, 4) is 11.8 Å². The van der Waals surface area contributed by atoms with Crippen molar-refractivity contribution in [1.82, 2.24) is 10.2 Å². The van der Waals surface area contributed by atoms with Crippen LogP contribution < -0.4 is 10.1 Å². The van der Waals surface area contributed by atoms with E-state index in [1.807, 2.05) is 48.5 Å². The summed E-state index contributed by atoms with van der Waals surface area (Å²) in [5, 5.41) is 11.9. The lowest BCUT2D eigenvalue weighted by Crippen LogP contribution is -2.52. The Morgan fingerprint density at radius 3 is 2.58 bits per heavy atom. The van der Waals surface area contributed by atoms with Crippen LogP contribution in [0.5, 0.6) is 5.75 Å². The first-order chi connectivity index (χ1) is 12.7. The number of nitrogens with one attached hydrogen (secondary N) is 1. The van der Waals surface area contributed by atoms with E-state index in [4.69, 9.17) is 10.00 Å². The van der Waals surface area contributed by atoms with Crippen molar-refractivity contribution in [3.63, 3.8) is 0 Å². The zero-order valence-electron chi connectivity index (χ0n) is 14.6. The Balaban J connectivity index is 1.43. The van der Waals surface area contributed by atoms with Crippen molar-refractivity contribution >= 4 is 5.91 Å². The summed E-state index contributed by atoms with van der Waals surface area (Å²) in [6.45, 7) is 3.24. The highest BCUT2D eigenvalue weighted by molar-refractivity contribution is 5.97. The summed E-state index contributed by atoms with van der Waals surface area (Å²) in [6, 6.07) is 17.4. The molecular formula is C21H21N3O2. The molecule has 132 valence electrons. The fraction of sp³-hybridized carbons (Fsp3) is 0.333. The van der Waals surface area contributed by atoms with Crippen molar-refractivity contribution in [2.45, 2.75) is 25.0 Å². The van der Waals surface area contributed by atoms with Gasteiger partial charge in [-0.25, -0.2) is 0 Å². The Morgan fingerprint density at radius 1 is 1.12 bits per heavy atom. The lowest BCUT2D eigenvalue weighted by Gasteiger charge is -2.41. The van der Waals surface area contributed by atoms with Crippen molar-refractivity contribution in [2.75, 3.05) is 19.6 Å². The van der Waals surface area contributed by atoms with Gasteiger partial charge >= 0.3 is 0 Å². The van der Waals surface area contributed by atoms with E-state index in [-0.39, 0.29) is 11.5 Å². The summed E-state index contributed by atoms with van der Waals surface area (Å²) in [5.74, 6) is 0.625. The number of carbonyl (C=O) groups is 1. The molecule has 0 bridgehead atoms. The second kappa shape index (κ2) is 6.81. The molecule has 1 N–H and O–H groups in total. The van der Waals surface area contributed by atoms with Crippen molar-refractivity contribution < 1.29 is 9.53 Å². The van der Waals surface area contributed by atoms with E-state index in [0.717, 1.165) is 32.5 Å². The lowest BCUT2D eigenvalue weighted by molar-refractivity contribution is 0.00395. The highest BCUT2D eigenvalue weighted by atomic mass is 16.5. The van der Waals surface area contributed by atoms with Gasteiger partial charge in [0.05, 0.1) is 23.7 Å². The van der Waals surface area contributed by atoms with Gasteiger partial charge in [-0.05, 0) is 29.8 Å². The summed E-state index contributed by atoms with van der Waals surface area (Å²) in [5.41, 5.74) is 2.18. The summed E-state index contributed by atoms with van der Waals surface area (Å²) in [6.07, 6.45) is 1.75. The van der Waals surface area contributed by atoms with Crippen LogP contribution in [0.15, 0.2) is 48.5 Å². The maximum atomic E-state index is 12.3. The number of hydrogen-bond donors (Lipinski definition) is 1. The van der Waals surface area contributed by atoms with Gasteiger partial charge in [0, 0.05) is 32.5 Å². The van der Waals surface area contributed by atoms with Crippen LogP contribution in [0.1, 0.15) is 34.3 Å². The molecule has 4 rings (SSSR count). The van der Waals surface area contributed by atoms with Gasteiger partial charge in [-0.2, -0.15) is 5.26 Å². The van der Waals surface area contributed by atoms with Crippen molar-refractivity contribution in [2.24, 2.45) is 0 Å². The SMILES string of the molecule is N#Cc1ccc(CN2CCC3(CC2)CNC(=O)c2ccccc2O3)cc1. The van der Waals surface area contributed by atoms with Gasteiger partial charge in [-0.15, -0.1) is 0 Å². The predicted octanol–water partition coefficient (Wildman–Crippen LogP) is 2.72. The number of nitrogens with zero attached hydrogens (tertiary/aromatic N) is 2. The number of piperidine rings is 1.